The van der Waals surface area contributed by atoms with Gasteiger partial charge in [-0.2, -0.15) is 0 Å². The Morgan fingerprint density at radius 2 is 1.49 bits per heavy atom. The van der Waals surface area contributed by atoms with Gasteiger partial charge in [0.1, 0.15) is 0 Å². The molecule has 3 heteroatoms. The summed E-state index contributed by atoms with van der Waals surface area (Å²) in [4.78, 5) is 0. The molecule has 0 saturated heterocycles. The predicted octanol–water partition coefficient (Wildman–Crippen LogP) is 1.54. The first-order chi connectivity index (χ1) is 16.1. The summed E-state index contributed by atoms with van der Waals surface area (Å²) in [5.41, 5.74) is 12.1. The Morgan fingerprint density at radius 1 is 0.811 bits per heavy atom. The maximum absolute atomic E-state index is 3.88. The van der Waals surface area contributed by atoms with Crippen molar-refractivity contribution in [2.45, 2.75) is 65.7 Å². The fourth-order valence-electron chi connectivity index (χ4n) is 5.38. The maximum atomic E-state index is 3.88. The van der Waals surface area contributed by atoms with Gasteiger partial charge in [-0.1, -0.05) is 131 Å². The summed E-state index contributed by atoms with van der Waals surface area (Å²) >= 11 is 0. The van der Waals surface area contributed by atoms with Gasteiger partial charge < -0.3 is 24.8 Å². The normalized spacial score (nSPS) is 14.3. The first kappa shape index (κ1) is 31.5. The number of hydrogen-bond donors (Lipinski definition) is 0. The maximum Gasteiger partial charge on any atom is 0 e. The molecule has 0 spiro atoms. The van der Waals surface area contributed by atoms with E-state index < -0.39 is 0 Å². The molecule has 2 aliphatic rings. The van der Waals surface area contributed by atoms with Crippen molar-refractivity contribution in [3.05, 3.63) is 111 Å². The molecule has 2 aliphatic carbocycles. The first-order valence-corrected chi connectivity index (χ1v) is 12.4. The minimum atomic E-state index is -0.00775. The standard InChI is InChI=1S/C34H35.2ClH.Hf/c1-22(23-13-9-8-10-14-23)28-21-29-27-18-17-26(33(2,3)4)19-25(27)20-30(29)31(24-15-11-12-16-24)32(28)34(5,6)7;;;/h8-15,17-19,21H,16H2,1-7H3;2*1H;/q-1;;;/p-2. The van der Waals surface area contributed by atoms with Gasteiger partial charge in [0.15, 0.2) is 0 Å². The average molecular weight is 693 g/mol. The monoisotopic (exact) mass is 693 g/mol. The summed E-state index contributed by atoms with van der Waals surface area (Å²) in [6.07, 6.45) is 11.6. The number of benzene rings is 3. The van der Waals surface area contributed by atoms with E-state index in [4.69, 9.17) is 0 Å². The minimum Gasteiger partial charge on any atom is -1.00 e. The number of allylic oxidation sites excluding steroid dienone is 4. The van der Waals surface area contributed by atoms with Crippen molar-refractivity contribution < 1.29 is 50.7 Å². The molecule has 37 heavy (non-hydrogen) atoms. The van der Waals surface area contributed by atoms with Crippen LogP contribution in [0.5, 0.6) is 0 Å². The molecule has 0 N–H and O–H groups in total. The number of rotatable bonds is 2. The molecule has 5 rings (SSSR count). The smallest absolute Gasteiger partial charge is 0 e. The number of halogens is 2. The van der Waals surface area contributed by atoms with Crippen molar-refractivity contribution in [1.29, 1.82) is 0 Å². The van der Waals surface area contributed by atoms with Crippen molar-refractivity contribution in [3.63, 3.8) is 0 Å². The summed E-state index contributed by atoms with van der Waals surface area (Å²) in [5, 5.41) is 2.63. The molecular formula is C34H35Cl2Hf-3. The molecule has 0 aliphatic heterocycles. The van der Waals surface area contributed by atoms with E-state index in [9.17, 15) is 0 Å². The zero-order chi connectivity index (χ0) is 24.3. The van der Waals surface area contributed by atoms with E-state index in [0.29, 0.717) is 0 Å². The van der Waals surface area contributed by atoms with Crippen LogP contribution in [-0.2, 0) is 36.7 Å². The van der Waals surface area contributed by atoms with E-state index in [2.05, 4.69) is 127 Å². The van der Waals surface area contributed by atoms with Crippen molar-refractivity contribution >= 4 is 17.2 Å². The van der Waals surface area contributed by atoms with Gasteiger partial charge in [-0.25, -0.2) is 0 Å². The van der Waals surface area contributed by atoms with Gasteiger partial charge in [0.2, 0.25) is 0 Å². The third-order valence-electron chi connectivity index (χ3n) is 7.22. The van der Waals surface area contributed by atoms with Crippen LogP contribution in [0, 0.1) is 0 Å². The predicted molar refractivity (Wildman–Crippen MR) is 147 cm³/mol. The fraction of sp³-hybridized carbons (Fsp3) is 0.294. The largest absolute Gasteiger partial charge is 1.00 e. The van der Waals surface area contributed by atoms with Gasteiger partial charge in [-0.3, -0.25) is 0 Å². The summed E-state index contributed by atoms with van der Waals surface area (Å²) in [7, 11) is 0. The van der Waals surface area contributed by atoms with Gasteiger partial charge in [-0.15, -0.1) is 34.1 Å². The second-order valence-corrected chi connectivity index (χ2v) is 11.8. The van der Waals surface area contributed by atoms with Crippen molar-refractivity contribution in [2.24, 2.45) is 0 Å². The molecule has 0 radical (unpaired) electrons. The summed E-state index contributed by atoms with van der Waals surface area (Å²) < 4.78 is 0. The van der Waals surface area contributed by atoms with Crippen molar-refractivity contribution in [3.8, 4) is 11.1 Å². The zero-order valence-corrected chi connectivity index (χ0v) is 28.0. The Balaban J connectivity index is 0.00000160. The fourth-order valence-corrected chi connectivity index (χ4v) is 5.38. The molecule has 0 heterocycles. The topological polar surface area (TPSA) is 0 Å². The third-order valence-corrected chi connectivity index (χ3v) is 7.22. The summed E-state index contributed by atoms with van der Waals surface area (Å²) in [5.74, 6) is 0. The molecule has 192 valence electrons. The average Bonchev–Trinajstić information content (AvgIpc) is 3.44. The van der Waals surface area contributed by atoms with E-state index in [0.717, 1.165) is 6.42 Å². The van der Waals surface area contributed by atoms with Crippen LogP contribution in [0.1, 0.15) is 82.7 Å². The Morgan fingerprint density at radius 3 is 2.05 bits per heavy atom. The molecule has 3 aromatic rings. The van der Waals surface area contributed by atoms with Crippen LogP contribution in [0.3, 0.4) is 0 Å². The minimum absolute atomic E-state index is 0. The van der Waals surface area contributed by atoms with Gasteiger partial charge in [0, 0.05) is 25.8 Å². The van der Waals surface area contributed by atoms with Crippen LogP contribution in [0.15, 0.2) is 72.8 Å². The van der Waals surface area contributed by atoms with Crippen molar-refractivity contribution in [1.82, 2.24) is 0 Å². The van der Waals surface area contributed by atoms with Gasteiger partial charge in [0.25, 0.3) is 0 Å². The molecule has 0 amide bonds. The molecule has 0 unspecified atom stereocenters. The molecule has 0 saturated carbocycles. The van der Waals surface area contributed by atoms with Crippen molar-refractivity contribution in [2.75, 3.05) is 0 Å². The van der Waals surface area contributed by atoms with Crippen LogP contribution < -0.4 is 35.3 Å². The molecule has 0 nitrogen and oxygen atoms in total. The summed E-state index contributed by atoms with van der Waals surface area (Å²) in [6, 6.07) is 20.2. The molecular weight excluding hydrogens is 658 g/mol. The van der Waals surface area contributed by atoms with Gasteiger partial charge in [0.05, 0.1) is 0 Å². The van der Waals surface area contributed by atoms with Crippen LogP contribution in [-0.4, -0.2) is 0 Å². The molecule has 0 fully saturated rings. The van der Waals surface area contributed by atoms with E-state index in [-0.39, 0.29) is 61.5 Å². The Hall–Kier alpha value is -1.67. The molecule has 0 aromatic heterocycles. The van der Waals surface area contributed by atoms with E-state index in [1.165, 1.54) is 60.5 Å². The SMILES string of the molecule is CC(c1ccccc1)=c1cc2c(c(C3=CC=CC3)c1C(C)(C)C)=[C-]c1cc(C(C)(C)C)ccc1-2.[Cl-].[Cl-].[Hf]. The zero-order valence-electron chi connectivity index (χ0n) is 22.9. The van der Waals surface area contributed by atoms with Gasteiger partial charge >= 0.3 is 0 Å². The Kier molecular flexibility index (Phi) is 9.89. The van der Waals surface area contributed by atoms with E-state index in [1.807, 2.05) is 0 Å². The number of hydrogen-bond acceptors (Lipinski definition) is 0. The van der Waals surface area contributed by atoms with Crippen LogP contribution >= 0.6 is 0 Å². The quantitative estimate of drug-likeness (QED) is 0.221. The van der Waals surface area contributed by atoms with Crippen LogP contribution in [0.25, 0.3) is 28.3 Å². The van der Waals surface area contributed by atoms with Crippen LogP contribution in [0.2, 0.25) is 0 Å². The van der Waals surface area contributed by atoms with Crippen LogP contribution in [0.4, 0.5) is 0 Å². The second kappa shape index (κ2) is 11.6. The Labute approximate surface area is 254 Å². The molecule has 3 aromatic carbocycles. The molecule has 0 atom stereocenters. The van der Waals surface area contributed by atoms with Gasteiger partial charge in [-0.05, 0) is 40.5 Å². The summed E-state index contributed by atoms with van der Waals surface area (Å²) in [6.45, 7) is 16.2. The third kappa shape index (κ3) is 5.85. The molecule has 0 bridgehead atoms. The second-order valence-electron chi connectivity index (χ2n) is 11.8. The first-order valence-electron chi connectivity index (χ1n) is 12.4. The van der Waals surface area contributed by atoms with E-state index in [1.54, 1.807) is 0 Å². The van der Waals surface area contributed by atoms with E-state index >= 15 is 0 Å². The number of fused-ring (bicyclic) bond motifs is 3. The Bertz CT molecular complexity index is 1480.